The van der Waals surface area contributed by atoms with Crippen LogP contribution >= 0.6 is 0 Å². The Kier molecular flexibility index (Phi) is 2.60. The predicted molar refractivity (Wildman–Crippen MR) is 49.2 cm³/mol. The van der Waals surface area contributed by atoms with E-state index in [1.165, 1.54) is 0 Å². The lowest BCUT2D eigenvalue weighted by Crippen LogP contribution is -2.42. The number of rotatable bonds is 2. The van der Waals surface area contributed by atoms with Gasteiger partial charge in [-0.2, -0.15) is 22.0 Å². The van der Waals surface area contributed by atoms with E-state index in [0.29, 0.717) is 0 Å². The van der Waals surface area contributed by atoms with Crippen LogP contribution in [0.15, 0.2) is 17.3 Å². The van der Waals surface area contributed by atoms with Gasteiger partial charge in [-0.15, -0.1) is 0 Å². The van der Waals surface area contributed by atoms with Crippen LogP contribution in [0.2, 0.25) is 0 Å². The smallest absolute Gasteiger partial charge is 0.290 e. The van der Waals surface area contributed by atoms with E-state index in [0.717, 1.165) is 12.5 Å². The lowest BCUT2D eigenvalue weighted by Gasteiger charge is -2.19. The number of alkyl halides is 5. The van der Waals surface area contributed by atoms with Gasteiger partial charge in [0.25, 0.3) is 0 Å². The van der Waals surface area contributed by atoms with Gasteiger partial charge < -0.3 is 0 Å². The molecular weight excluding hydrogens is 263 g/mol. The summed E-state index contributed by atoms with van der Waals surface area (Å²) < 4.78 is 62.1. The molecule has 0 atom stereocenters. The van der Waals surface area contributed by atoms with Gasteiger partial charge in [-0.25, -0.2) is 14.8 Å². The highest BCUT2D eigenvalue weighted by atomic mass is 19.4. The number of nitrogens with zero attached hydrogens (tertiary/aromatic N) is 3. The second kappa shape index (κ2) is 3.75. The molecule has 0 unspecified atom stereocenters. The van der Waals surface area contributed by atoms with Crippen molar-refractivity contribution in [3.05, 3.63) is 23.0 Å². The van der Waals surface area contributed by atoms with Crippen LogP contribution in [0.1, 0.15) is 0 Å². The fraction of sp³-hybridized carbons (Fsp3) is 0.375. The first-order valence-corrected chi connectivity index (χ1v) is 4.55. The van der Waals surface area contributed by atoms with Crippen molar-refractivity contribution in [1.29, 1.82) is 0 Å². The standard InChI is InChI=1S/C8H5F5N4O/c9-7(10,8(11,12)13)2-17-4-1-14-3-15-5(4)16-6(17)18/h1,3H,2H2,(H,14,15,16,18). The molecule has 2 aromatic heterocycles. The van der Waals surface area contributed by atoms with Gasteiger partial charge in [0, 0.05) is 0 Å². The number of imidazole rings is 1. The molecule has 0 saturated heterocycles. The number of aromatic nitrogens is 4. The number of nitrogens with one attached hydrogen (secondary N) is 1. The third kappa shape index (κ3) is 1.93. The summed E-state index contributed by atoms with van der Waals surface area (Å²) in [5.74, 6) is -5.01. The molecule has 5 nitrogen and oxygen atoms in total. The largest absolute Gasteiger partial charge is 0.455 e. The van der Waals surface area contributed by atoms with Gasteiger partial charge in [0.15, 0.2) is 5.65 Å². The third-order valence-electron chi connectivity index (χ3n) is 2.23. The molecule has 0 saturated carbocycles. The highest BCUT2D eigenvalue weighted by Gasteiger charge is 2.57. The normalized spacial score (nSPS) is 13.2. The lowest BCUT2D eigenvalue weighted by molar-refractivity contribution is -0.286. The third-order valence-corrected chi connectivity index (χ3v) is 2.23. The Morgan fingerprint density at radius 2 is 1.94 bits per heavy atom. The number of H-pyrrole nitrogens is 1. The fourth-order valence-corrected chi connectivity index (χ4v) is 1.34. The van der Waals surface area contributed by atoms with Gasteiger partial charge in [0.2, 0.25) is 0 Å². The van der Waals surface area contributed by atoms with Crippen molar-refractivity contribution in [2.24, 2.45) is 0 Å². The summed E-state index contributed by atoms with van der Waals surface area (Å²) in [6, 6.07) is 0. The number of aromatic amines is 1. The summed E-state index contributed by atoms with van der Waals surface area (Å²) in [6.45, 7) is -1.82. The molecule has 10 heteroatoms. The average molecular weight is 268 g/mol. The molecule has 0 aliphatic rings. The first kappa shape index (κ1) is 12.5. The minimum atomic E-state index is -5.73. The van der Waals surface area contributed by atoms with Crippen molar-refractivity contribution in [3.8, 4) is 0 Å². The van der Waals surface area contributed by atoms with Gasteiger partial charge in [-0.3, -0.25) is 9.55 Å². The zero-order valence-corrected chi connectivity index (χ0v) is 8.50. The Labute approximate surface area is 95.3 Å². The summed E-state index contributed by atoms with van der Waals surface area (Å²) in [6.07, 6.45) is -3.72. The lowest BCUT2D eigenvalue weighted by atomic mass is 10.3. The van der Waals surface area contributed by atoms with Crippen LogP contribution in [0, 0.1) is 0 Å². The van der Waals surface area contributed by atoms with Crippen molar-refractivity contribution in [2.45, 2.75) is 18.6 Å². The highest BCUT2D eigenvalue weighted by Crippen LogP contribution is 2.36. The molecule has 98 valence electrons. The molecule has 0 aliphatic carbocycles. The van der Waals surface area contributed by atoms with Crippen molar-refractivity contribution in [2.75, 3.05) is 0 Å². The Bertz CT molecular complexity index is 628. The van der Waals surface area contributed by atoms with E-state index in [2.05, 4.69) is 15.0 Å². The van der Waals surface area contributed by atoms with Gasteiger partial charge in [-0.1, -0.05) is 0 Å². The SMILES string of the molecule is O=c1[nH]c2ncncc2n1CC(F)(F)C(F)(F)F. The Morgan fingerprint density at radius 1 is 1.28 bits per heavy atom. The van der Waals surface area contributed by atoms with E-state index in [1.54, 1.807) is 0 Å². The summed E-state index contributed by atoms with van der Waals surface area (Å²) in [4.78, 5) is 20.3. The number of halogens is 5. The number of fused-ring (bicyclic) bond motifs is 1. The zero-order valence-electron chi connectivity index (χ0n) is 8.50. The van der Waals surface area contributed by atoms with Crippen molar-refractivity contribution in [1.82, 2.24) is 19.5 Å². The molecule has 1 N–H and O–H groups in total. The summed E-state index contributed by atoms with van der Waals surface area (Å²) in [5.41, 5.74) is -1.42. The zero-order chi connectivity index (χ0) is 13.6. The second-order valence-corrected chi connectivity index (χ2v) is 3.48. The Hall–Kier alpha value is -2.00. The summed E-state index contributed by atoms with van der Waals surface area (Å²) >= 11 is 0. The fourth-order valence-electron chi connectivity index (χ4n) is 1.34. The molecule has 0 bridgehead atoms. The van der Waals surface area contributed by atoms with Crippen molar-refractivity contribution in [3.63, 3.8) is 0 Å². The molecule has 0 aliphatic heterocycles. The monoisotopic (exact) mass is 268 g/mol. The number of hydrogen-bond donors (Lipinski definition) is 1. The summed E-state index contributed by atoms with van der Waals surface area (Å²) in [5, 5.41) is 0. The molecule has 2 heterocycles. The molecule has 0 radical (unpaired) electrons. The Morgan fingerprint density at radius 3 is 2.56 bits per heavy atom. The molecular formula is C8H5F5N4O. The van der Waals surface area contributed by atoms with Crippen LogP contribution in [-0.2, 0) is 6.54 Å². The Balaban J connectivity index is 2.50. The van der Waals surface area contributed by atoms with E-state index in [4.69, 9.17) is 0 Å². The van der Waals surface area contributed by atoms with E-state index in [9.17, 15) is 26.7 Å². The van der Waals surface area contributed by atoms with Crippen LogP contribution in [0.25, 0.3) is 11.2 Å². The van der Waals surface area contributed by atoms with Gasteiger partial charge in [-0.05, 0) is 0 Å². The van der Waals surface area contributed by atoms with E-state index in [1.807, 2.05) is 0 Å². The summed E-state index contributed by atoms with van der Waals surface area (Å²) in [7, 11) is 0. The van der Waals surface area contributed by atoms with E-state index in [-0.39, 0.29) is 15.7 Å². The first-order chi connectivity index (χ1) is 8.22. The molecule has 0 spiro atoms. The molecule has 0 aromatic carbocycles. The van der Waals surface area contributed by atoms with Gasteiger partial charge >= 0.3 is 17.8 Å². The molecule has 2 rings (SSSR count). The predicted octanol–water partition coefficient (Wildman–Crippen LogP) is 1.32. The first-order valence-electron chi connectivity index (χ1n) is 4.55. The number of hydrogen-bond acceptors (Lipinski definition) is 3. The van der Waals surface area contributed by atoms with Crippen LogP contribution in [0.3, 0.4) is 0 Å². The van der Waals surface area contributed by atoms with Gasteiger partial charge in [0.1, 0.15) is 18.4 Å². The van der Waals surface area contributed by atoms with Crippen LogP contribution in [-0.4, -0.2) is 31.6 Å². The quantitative estimate of drug-likeness (QED) is 0.835. The molecule has 2 aromatic rings. The second-order valence-electron chi connectivity index (χ2n) is 3.48. The maximum Gasteiger partial charge on any atom is 0.455 e. The minimum Gasteiger partial charge on any atom is -0.290 e. The minimum absolute atomic E-state index is 0.104. The van der Waals surface area contributed by atoms with Crippen molar-refractivity contribution >= 4 is 11.2 Å². The maximum absolute atomic E-state index is 12.9. The van der Waals surface area contributed by atoms with E-state index >= 15 is 0 Å². The topological polar surface area (TPSA) is 63.6 Å². The van der Waals surface area contributed by atoms with Gasteiger partial charge in [0.05, 0.1) is 6.20 Å². The highest BCUT2D eigenvalue weighted by molar-refractivity contribution is 5.68. The van der Waals surface area contributed by atoms with Crippen LogP contribution in [0.4, 0.5) is 22.0 Å². The maximum atomic E-state index is 12.9. The molecule has 0 fully saturated rings. The average Bonchev–Trinajstić information content (AvgIpc) is 2.54. The van der Waals surface area contributed by atoms with Crippen molar-refractivity contribution < 1.29 is 22.0 Å². The van der Waals surface area contributed by atoms with Crippen LogP contribution < -0.4 is 5.69 Å². The van der Waals surface area contributed by atoms with E-state index < -0.39 is 24.3 Å². The molecule has 0 amide bonds. The van der Waals surface area contributed by atoms with Crippen LogP contribution in [0.5, 0.6) is 0 Å². The molecule has 18 heavy (non-hydrogen) atoms.